The summed E-state index contributed by atoms with van der Waals surface area (Å²) in [5.41, 5.74) is 15.2. The molecule has 0 rings (SSSR count). The topological polar surface area (TPSA) is 128 Å². The molecule has 0 aliphatic carbocycles. The van der Waals surface area contributed by atoms with E-state index in [2.05, 4.69) is 10.9 Å². The molecule has 0 aromatic heterocycles. The maximum atomic E-state index is 5.21. The summed E-state index contributed by atoms with van der Waals surface area (Å²) in [6.07, 6.45) is 2.70. The van der Waals surface area contributed by atoms with Crippen molar-refractivity contribution in [3.05, 3.63) is 22.5 Å². The van der Waals surface area contributed by atoms with Gasteiger partial charge in [0.25, 0.3) is 0 Å². The average molecular weight is 208 g/mol. The first-order valence-electron chi connectivity index (χ1n) is 2.90. The highest BCUT2D eigenvalue weighted by molar-refractivity contribution is 8.79. The second kappa shape index (κ2) is 6.98. The van der Waals surface area contributed by atoms with E-state index in [1.54, 1.807) is 0 Å². The molecular weight excluding hydrogens is 196 g/mol. The van der Waals surface area contributed by atoms with Gasteiger partial charge in [0.15, 0.2) is 0 Å². The number of hydrogen-bond donors (Lipinski definition) is 6. The molecule has 0 fully saturated rings. The largest absolute Gasteiger partial charge is 0.402 e. The number of hydrogen-bond acceptors (Lipinski definition) is 8. The van der Waals surface area contributed by atoms with Gasteiger partial charge in [-0.05, 0) is 21.6 Å². The Balaban J connectivity index is 3.81. The van der Waals surface area contributed by atoms with Crippen molar-refractivity contribution >= 4 is 21.6 Å². The minimum absolute atomic E-state index is 0.620. The zero-order valence-electron chi connectivity index (χ0n) is 6.28. The standard InChI is InChI=1S/C4H12N6S2/c5-1-3(9-7)11-12-4(2-6)10-8/h1-2,9-10H,5-8H2/b3-1+,4-2+. The van der Waals surface area contributed by atoms with E-state index in [1.807, 2.05) is 0 Å². The Labute approximate surface area is 78.5 Å². The van der Waals surface area contributed by atoms with Crippen LogP contribution in [-0.2, 0) is 0 Å². The lowest BCUT2D eigenvalue weighted by atomic mass is 10.9. The van der Waals surface area contributed by atoms with Crippen LogP contribution in [0.1, 0.15) is 0 Å². The predicted molar refractivity (Wildman–Crippen MR) is 54.4 cm³/mol. The molecule has 0 saturated heterocycles. The van der Waals surface area contributed by atoms with Gasteiger partial charge in [0.2, 0.25) is 0 Å². The summed E-state index contributed by atoms with van der Waals surface area (Å²) < 4.78 is 0. The van der Waals surface area contributed by atoms with Crippen LogP contribution in [0, 0.1) is 0 Å². The fourth-order valence-corrected chi connectivity index (χ4v) is 1.84. The molecule has 0 aliphatic heterocycles. The third-order valence-electron chi connectivity index (χ3n) is 0.808. The normalized spacial score (nSPS) is 12.8. The fraction of sp³-hybridized carbons (Fsp3) is 0. The maximum Gasteiger partial charge on any atom is 0.109 e. The molecule has 0 aromatic carbocycles. The van der Waals surface area contributed by atoms with E-state index < -0.39 is 0 Å². The summed E-state index contributed by atoms with van der Waals surface area (Å²) >= 11 is 0. The zero-order chi connectivity index (χ0) is 9.40. The monoisotopic (exact) mass is 208 g/mol. The van der Waals surface area contributed by atoms with Crippen LogP contribution in [0.4, 0.5) is 0 Å². The molecule has 0 heterocycles. The van der Waals surface area contributed by atoms with Crippen LogP contribution in [0.15, 0.2) is 22.5 Å². The molecule has 0 bridgehead atoms. The molecule has 10 N–H and O–H groups in total. The summed E-state index contributed by atoms with van der Waals surface area (Å²) in [6, 6.07) is 0. The predicted octanol–water partition coefficient (Wildman–Crippen LogP) is -1.19. The highest BCUT2D eigenvalue weighted by atomic mass is 33.1. The Bertz CT molecular complexity index is 158. The van der Waals surface area contributed by atoms with E-state index in [1.165, 1.54) is 34.0 Å². The van der Waals surface area contributed by atoms with Crippen LogP contribution in [0.3, 0.4) is 0 Å². The molecule has 0 spiro atoms. The van der Waals surface area contributed by atoms with E-state index >= 15 is 0 Å². The number of nitrogens with one attached hydrogen (secondary N) is 2. The Morgan fingerprint density at radius 3 is 1.42 bits per heavy atom. The second-order valence-corrected chi connectivity index (χ2v) is 3.73. The lowest BCUT2D eigenvalue weighted by molar-refractivity contribution is 0.943. The van der Waals surface area contributed by atoms with Crippen molar-refractivity contribution < 1.29 is 0 Å². The summed E-state index contributed by atoms with van der Waals surface area (Å²) in [5.74, 6) is 10.2. The first-order valence-corrected chi connectivity index (χ1v) is 5.05. The van der Waals surface area contributed by atoms with Gasteiger partial charge < -0.3 is 22.3 Å². The molecule has 70 valence electrons. The Hall–Kier alpha value is -0.700. The maximum absolute atomic E-state index is 5.21. The molecule has 0 aliphatic rings. The first-order chi connectivity index (χ1) is 5.78. The molecule has 0 aromatic rings. The van der Waals surface area contributed by atoms with Crippen LogP contribution in [0.25, 0.3) is 0 Å². The van der Waals surface area contributed by atoms with Crippen molar-refractivity contribution in [3.63, 3.8) is 0 Å². The third kappa shape index (κ3) is 4.23. The van der Waals surface area contributed by atoms with Crippen molar-refractivity contribution in [2.24, 2.45) is 23.2 Å². The molecule has 6 nitrogen and oxygen atoms in total. The van der Waals surface area contributed by atoms with Gasteiger partial charge in [-0.25, -0.2) is 11.7 Å². The van der Waals surface area contributed by atoms with Gasteiger partial charge in [0.1, 0.15) is 10.1 Å². The molecule has 0 saturated carbocycles. The van der Waals surface area contributed by atoms with Gasteiger partial charge in [-0.15, -0.1) is 0 Å². The number of nitrogens with two attached hydrogens (primary N) is 4. The molecule has 0 unspecified atom stereocenters. The van der Waals surface area contributed by atoms with Crippen LogP contribution in [0.2, 0.25) is 0 Å². The van der Waals surface area contributed by atoms with E-state index in [9.17, 15) is 0 Å². The van der Waals surface area contributed by atoms with E-state index in [0.717, 1.165) is 0 Å². The van der Waals surface area contributed by atoms with Gasteiger partial charge in [0.05, 0.1) is 0 Å². The van der Waals surface area contributed by atoms with E-state index in [4.69, 9.17) is 23.2 Å². The molecular formula is C4H12N6S2. The lowest BCUT2D eigenvalue weighted by Crippen LogP contribution is -2.21. The van der Waals surface area contributed by atoms with Crippen LogP contribution in [-0.4, -0.2) is 0 Å². The average Bonchev–Trinajstić information content (AvgIpc) is 2.13. The van der Waals surface area contributed by atoms with Crippen molar-refractivity contribution in [2.75, 3.05) is 0 Å². The van der Waals surface area contributed by atoms with Gasteiger partial charge in [-0.3, -0.25) is 0 Å². The number of hydrazine groups is 2. The van der Waals surface area contributed by atoms with Crippen molar-refractivity contribution in [3.8, 4) is 0 Å². The van der Waals surface area contributed by atoms with Gasteiger partial charge in [-0.1, -0.05) is 0 Å². The Morgan fingerprint density at radius 1 is 0.917 bits per heavy atom. The Kier molecular flexibility index (Phi) is 6.57. The van der Waals surface area contributed by atoms with Gasteiger partial charge in [0, 0.05) is 12.4 Å². The smallest absolute Gasteiger partial charge is 0.109 e. The second-order valence-electron chi connectivity index (χ2n) is 1.52. The summed E-state index contributed by atoms with van der Waals surface area (Å²) in [6.45, 7) is 0. The lowest BCUT2D eigenvalue weighted by Gasteiger charge is -2.05. The summed E-state index contributed by atoms with van der Waals surface area (Å²) in [4.78, 5) is 0. The van der Waals surface area contributed by atoms with Crippen molar-refractivity contribution in [1.29, 1.82) is 0 Å². The highest BCUT2D eigenvalue weighted by Gasteiger charge is 1.98. The molecule has 12 heavy (non-hydrogen) atoms. The molecule has 0 amide bonds. The minimum Gasteiger partial charge on any atom is -0.402 e. The summed E-state index contributed by atoms with van der Waals surface area (Å²) in [5, 5.41) is 1.24. The van der Waals surface area contributed by atoms with Crippen molar-refractivity contribution in [1.82, 2.24) is 10.9 Å². The van der Waals surface area contributed by atoms with Gasteiger partial charge in [-0.2, -0.15) is 0 Å². The van der Waals surface area contributed by atoms with E-state index in [0.29, 0.717) is 10.1 Å². The number of rotatable bonds is 5. The quantitative estimate of drug-likeness (QED) is 0.189. The molecule has 8 heteroatoms. The molecule has 0 atom stereocenters. The highest BCUT2D eigenvalue weighted by Crippen LogP contribution is 2.31. The third-order valence-corrected chi connectivity index (χ3v) is 3.09. The minimum atomic E-state index is 0.620. The SMILES string of the molecule is N/C=C(\NN)SS/C(=C/N)NN. The van der Waals surface area contributed by atoms with E-state index in [-0.39, 0.29) is 0 Å². The van der Waals surface area contributed by atoms with Crippen molar-refractivity contribution in [2.45, 2.75) is 0 Å². The van der Waals surface area contributed by atoms with Crippen LogP contribution >= 0.6 is 21.6 Å². The van der Waals surface area contributed by atoms with Crippen LogP contribution < -0.4 is 34.0 Å². The van der Waals surface area contributed by atoms with Gasteiger partial charge >= 0.3 is 0 Å². The Morgan fingerprint density at radius 2 is 1.25 bits per heavy atom. The molecule has 0 radical (unpaired) electrons. The zero-order valence-corrected chi connectivity index (χ0v) is 7.91. The van der Waals surface area contributed by atoms with Crippen LogP contribution in [0.5, 0.6) is 0 Å². The summed E-state index contributed by atoms with van der Waals surface area (Å²) in [7, 11) is 2.61. The fourth-order valence-electron chi connectivity index (χ4n) is 0.290. The first kappa shape index (κ1) is 11.3.